The van der Waals surface area contributed by atoms with Crippen LogP contribution in [0.4, 0.5) is 0 Å². The van der Waals surface area contributed by atoms with Crippen LogP contribution in [0.15, 0.2) is 34.9 Å². The number of rotatable bonds is 3. The molecule has 0 saturated carbocycles. The maximum absolute atomic E-state index is 11.1. The molecule has 1 heterocycles. The highest BCUT2D eigenvalue weighted by Crippen LogP contribution is 2.31. The van der Waals surface area contributed by atoms with Crippen molar-refractivity contribution >= 4 is 21.9 Å². The number of carboxylic acid groups (broad SMARTS) is 1. The first-order valence-corrected chi connectivity index (χ1v) is 6.41. The number of benzene rings is 1. The van der Waals surface area contributed by atoms with Gasteiger partial charge in [-0.15, -0.1) is 0 Å². The highest BCUT2D eigenvalue weighted by Gasteiger charge is 2.13. The molecule has 0 saturated heterocycles. The van der Waals surface area contributed by atoms with Gasteiger partial charge in [0.15, 0.2) is 0 Å². The summed E-state index contributed by atoms with van der Waals surface area (Å²) in [7, 11) is 0. The lowest BCUT2D eigenvalue weighted by Crippen LogP contribution is -2.01. The second-order valence-corrected chi connectivity index (χ2v) is 4.99. The van der Waals surface area contributed by atoms with Crippen molar-refractivity contribution in [2.24, 2.45) is 0 Å². The highest BCUT2D eigenvalue weighted by atomic mass is 79.9. The lowest BCUT2D eigenvalue weighted by atomic mass is 10.1. The van der Waals surface area contributed by atoms with Gasteiger partial charge in [0.25, 0.3) is 0 Å². The molecule has 0 aliphatic heterocycles. The van der Waals surface area contributed by atoms with Gasteiger partial charge in [-0.05, 0) is 53.5 Å². The van der Waals surface area contributed by atoms with E-state index >= 15 is 0 Å². The minimum Gasteiger partial charge on any atom is -0.478 e. The molecule has 1 aromatic heterocycles. The molecular weight excluding hydrogens is 310 g/mol. The van der Waals surface area contributed by atoms with Crippen molar-refractivity contribution < 1.29 is 14.6 Å². The van der Waals surface area contributed by atoms with Crippen molar-refractivity contribution in [1.29, 1.82) is 0 Å². The van der Waals surface area contributed by atoms with Gasteiger partial charge < -0.3 is 9.84 Å². The van der Waals surface area contributed by atoms with Gasteiger partial charge in [0.2, 0.25) is 5.88 Å². The van der Waals surface area contributed by atoms with Gasteiger partial charge >= 0.3 is 5.97 Å². The van der Waals surface area contributed by atoms with Crippen LogP contribution in [0.3, 0.4) is 0 Å². The fraction of sp³-hybridized carbons (Fsp3) is 0.143. The number of pyridine rings is 1. The molecule has 0 amide bonds. The summed E-state index contributed by atoms with van der Waals surface area (Å²) in [5, 5.41) is 9.07. The Morgan fingerprint density at radius 1 is 1.37 bits per heavy atom. The third-order valence-corrected chi connectivity index (χ3v) is 3.23. The Hall–Kier alpha value is -1.88. The lowest BCUT2D eigenvalue weighted by molar-refractivity contribution is 0.0695. The van der Waals surface area contributed by atoms with E-state index in [-0.39, 0.29) is 5.56 Å². The molecule has 0 aliphatic rings. The monoisotopic (exact) mass is 321 g/mol. The van der Waals surface area contributed by atoms with Gasteiger partial charge in [-0.2, -0.15) is 0 Å². The van der Waals surface area contributed by atoms with E-state index in [1.54, 1.807) is 31.3 Å². The molecule has 0 bridgehead atoms. The lowest BCUT2D eigenvalue weighted by Gasteiger charge is -2.11. The number of carbonyl (C=O) groups is 1. The van der Waals surface area contributed by atoms with E-state index in [1.807, 2.05) is 13.0 Å². The van der Waals surface area contributed by atoms with Crippen LogP contribution in [0.2, 0.25) is 0 Å². The molecule has 0 aliphatic carbocycles. The largest absolute Gasteiger partial charge is 0.478 e. The van der Waals surface area contributed by atoms with E-state index in [0.717, 1.165) is 10.0 Å². The van der Waals surface area contributed by atoms with Crippen LogP contribution in [0, 0.1) is 13.8 Å². The molecule has 2 rings (SSSR count). The fourth-order valence-corrected chi connectivity index (χ4v) is 2.20. The number of halogens is 1. The molecule has 98 valence electrons. The number of aryl methyl sites for hydroxylation is 1. The third kappa shape index (κ3) is 2.93. The Morgan fingerprint density at radius 2 is 2.11 bits per heavy atom. The van der Waals surface area contributed by atoms with E-state index in [4.69, 9.17) is 9.84 Å². The van der Waals surface area contributed by atoms with E-state index in [2.05, 4.69) is 20.9 Å². The summed E-state index contributed by atoms with van der Waals surface area (Å²) < 4.78 is 6.39. The van der Waals surface area contributed by atoms with Crippen LogP contribution >= 0.6 is 15.9 Å². The molecule has 1 aromatic carbocycles. The van der Waals surface area contributed by atoms with E-state index in [1.165, 1.54) is 0 Å². The Labute approximate surface area is 119 Å². The van der Waals surface area contributed by atoms with Crippen molar-refractivity contribution in [3.05, 3.63) is 51.6 Å². The smallest absolute Gasteiger partial charge is 0.336 e. The summed E-state index contributed by atoms with van der Waals surface area (Å²) in [6.45, 7) is 3.64. The first-order valence-electron chi connectivity index (χ1n) is 5.62. The average molecular weight is 322 g/mol. The fourth-order valence-electron chi connectivity index (χ4n) is 1.66. The molecule has 1 N–H and O–H groups in total. The Kier molecular flexibility index (Phi) is 3.85. The van der Waals surface area contributed by atoms with Crippen LogP contribution in [0.25, 0.3) is 0 Å². The number of ether oxygens (including phenoxy) is 1. The van der Waals surface area contributed by atoms with Crippen molar-refractivity contribution in [2.75, 3.05) is 0 Å². The third-order valence-electron chi connectivity index (χ3n) is 2.67. The Morgan fingerprint density at radius 3 is 2.74 bits per heavy atom. The Balaban J connectivity index is 2.38. The quantitative estimate of drug-likeness (QED) is 0.929. The Bertz CT molecular complexity index is 641. The van der Waals surface area contributed by atoms with Crippen molar-refractivity contribution in [3.63, 3.8) is 0 Å². The summed E-state index contributed by atoms with van der Waals surface area (Å²) in [6.07, 6.45) is 1.69. The summed E-state index contributed by atoms with van der Waals surface area (Å²) in [6, 6.07) is 6.80. The van der Waals surface area contributed by atoms with Crippen LogP contribution in [-0.4, -0.2) is 16.1 Å². The molecule has 0 spiro atoms. The maximum atomic E-state index is 11.1. The molecule has 0 unspecified atom stereocenters. The SMILES string of the molecule is Cc1cnc(Oc2cccc(C(=O)O)c2C)c(Br)c1. The molecule has 0 radical (unpaired) electrons. The van der Waals surface area contributed by atoms with Crippen molar-refractivity contribution in [1.82, 2.24) is 4.98 Å². The van der Waals surface area contributed by atoms with Gasteiger partial charge in [0.1, 0.15) is 5.75 Å². The number of aromatic carboxylic acids is 1. The molecule has 5 heteroatoms. The minimum absolute atomic E-state index is 0.223. The number of aromatic nitrogens is 1. The van der Waals surface area contributed by atoms with E-state index in [0.29, 0.717) is 17.2 Å². The van der Waals surface area contributed by atoms with Gasteiger partial charge in [-0.25, -0.2) is 9.78 Å². The average Bonchev–Trinajstić information content (AvgIpc) is 2.34. The second-order valence-electron chi connectivity index (χ2n) is 4.14. The zero-order valence-electron chi connectivity index (χ0n) is 10.5. The zero-order valence-corrected chi connectivity index (χ0v) is 12.1. The van der Waals surface area contributed by atoms with Crippen LogP contribution in [0.1, 0.15) is 21.5 Å². The predicted octanol–water partition coefficient (Wildman–Crippen LogP) is 3.95. The molecule has 0 atom stereocenters. The van der Waals surface area contributed by atoms with E-state index < -0.39 is 5.97 Å². The molecule has 19 heavy (non-hydrogen) atoms. The van der Waals surface area contributed by atoms with Gasteiger partial charge in [0, 0.05) is 11.8 Å². The van der Waals surface area contributed by atoms with Crippen LogP contribution in [-0.2, 0) is 0 Å². The summed E-state index contributed by atoms with van der Waals surface area (Å²) in [4.78, 5) is 15.2. The van der Waals surface area contributed by atoms with Crippen molar-refractivity contribution in [3.8, 4) is 11.6 Å². The topological polar surface area (TPSA) is 59.4 Å². The molecule has 0 fully saturated rings. The second kappa shape index (κ2) is 5.40. The first kappa shape index (κ1) is 13.5. The number of hydrogen-bond acceptors (Lipinski definition) is 3. The summed E-state index contributed by atoms with van der Waals surface area (Å²) >= 11 is 3.37. The maximum Gasteiger partial charge on any atom is 0.336 e. The number of hydrogen-bond donors (Lipinski definition) is 1. The van der Waals surface area contributed by atoms with Crippen molar-refractivity contribution in [2.45, 2.75) is 13.8 Å². The van der Waals surface area contributed by atoms with Gasteiger partial charge in [-0.1, -0.05) is 6.07 Å². The molecule has 4 nitrogen and oxygen atoms in total. The number of carboxylic acids is 1. The summed E-state index contributed by atoms with van der Waals surface area (Å²) in [5.41, 5.74) is 1.81. The zero-order chi connectivity index (χ0) is 14.0. The number of nitrogens with zero attached hydrogens (tertiary/aromatic N) is 1. The standard InChI is InChI=1S/C14H12BrNO3/c1-8-6-11(15)13(16-7-8)19-12-5-3-4-10(9(12)2)14(17)18/h3-7H,1-2H3,(H,17,18). The molecule has 2 aromatic rings. The van der Waals surface area contributed by atoms with Gasteiger partial charge in [0.05, 0.1) is 10.0 Å². The van der Waals surface area contributed by atoms with Gasteiger partial charge in [-0.3, -0.25) is 0 Å². The highest BCUT2D eigenvalue weighted by molar-refractivity contribution is 9.10. The first-order chi connectivity index (χ1) is 8.99. The summed E-state index contributed by atoms with van der Waals surface area (Å²) in [5.74, 6) is -0.0768. The van der Waals surface area contributed by atoms with Crippen LogP contribution < -0.4 is 4.74 Å². The van der Waals surface area contributed by atoms with Crippen LogP contribution in [0.5, 0.6) is 11.6 Å². The normalized spacial score (nSPS) is 10.3. The predicted molar refractivity (Wildman–Crippen MR) is 74.9 cm³/mol. The molecular formula is C14H12BrNO3. The minimum atomic E-state index is -0.973. The van der Waals surface area contributed by atoms with E-state index in [9.17, 15) is 4.79 Å².